The number of anilines is 1. The number of rotatable bonds is 6. The van der Waals surface area contributed by atoms with Crippen LogP contribution in [0.5, 0.6) is 0 Å². The van der Waals surface area contributed by atoms with Crippen molar-refractivity contribution >= 4 is 21.4 Å². The van der Waals surface area contributed by atoms with Crippen molar-refractivity contribution in [2.24, 2.45) is 0 Å². The van der Waals surface area contributed by atoms with Gasteiger partial charge in [-0.15, -0.1) is 0 Å². The SMILES string of the molecule is COCCNC(=O)CS(=O)(=O)c1cc(N)cc(F)c1. The number of carbonyl (C=O) groups excluding carboxylic acids is 1. The fraction of sp³-hybridized carbons (Fsp3) is 0.364. The summed E-state index contributed by atoms with van der Waals surface area (Å²) in [5.74, 6) is -2.21. The molecule has 1 aromatic carbocycles. The minimum Gasteiger partial charge on any atom is -0.399 e. The van der Waals surface area contributed by atoms with Gasteiger partial charge in [0, 0.05) is 19.3 Å². The third kappa shape index (κ3) is 4.84. The number of hydrogen-bond donors (Lipinski definition) is 2. The van der Waals surface area contributed by atoms with E-state index in [-0.39, 0.29) is 23.7 Å². The fourth-order valence-corrected chi connectivity index (χ4v) is 2.59. The Morgan fingerprint density at radius 1 is 1.42 bits per heavy atom. The zero-order chi connectivity index (χ0) is 14.5. The molecule has 0 radical (unpaired) electrons. The lowest BCUT2D eigenvalue weighted by molar-refractivity contribution is -0.118. The second-order valence-corrected chi connectivity index (χ2v) is 5.81. The summed E-state index contributed by atoms with van der Waals surface area (Å²) in [5.41, 5.74) is 5.35. The van der Waals surface area contributed by atoms with E-state index in [0.717, 1.165) is 18.2 Å². The third-order valence-corrected chi connectivity index (χ3v) is 3.80. The maximum absolute atomic E-state index is 13.1. The molecule has 0 unspecified atom stereocenters. The molecule has 19 heavy (non-hydrogen) atoms. The van der Waals surface area contributed by atoms with Crippen LogP contribution in [0.3, 0.4) is 0 Å². The first-order valence-electron chi connectivity index (χ1n) is 5.39. The zero-order valence-electron chi connectivity index (χ0n) is 10.3. The van der Waals surface area contributed by atoms with Gasteiger partial charge in [0.25, 0.3) is 0 Å². The molecule has 0 fully saturated rings. The van der Waals surface area contributed by atoms with Gasteiger partial charge in [-0.25, -0.2) is 12.8 Å². The Labute approximate surface area is 110 Å². The Balaban J connectivity index is 2.78. The van der Waals surface area contributed by atoms with Crippen molar-refractivity contribution in [1.82, 2.24) is 5.32 Å². The quantitative estimate of drug-likeness (QED) is 0.565. The lowest BCUT2D eigenvalue weighted by atomic mass is 10.3. The van der Waals surface area contributed by atoms with Crippen molar-refractivity contribution in [3.8, 4) is 0 Å². The van der Waals surface area contributed by atoms with Crippen LogP contribution < -0.4 is 11.1 Å². The van der Waals surface area contributed by atoms with Gasteiger partial charge in [0.1, 0.15) is 11.6 Å². The first-order valence-corrected chi connectivity index (χ1v) is 7.05. The van der Waals surface area contributed by atoms with Gasteiger partial charge in [-0.1, -0.05) is 0 Å². The smallest absolute Gasteiger partial charge is 0.235 e. The Kier molecular flexibility index (Phi) is 5.25. The molecule has 0 spiro atoms. The molecule has 0 aliphatic rings. The zero-order valence-corrected chi connectivity index (χ0v) is 11.2. The monoisotopic (exact) mass is 290 g/mol. The summed E-state index contributed by atoms with van der Waals surface area (Å²) in [6, 6.07) is 2.94. The molecule has 106 valence electrons. The number of carbonyl (C=O) groups is 1. The lowest BCUT2D eigenvalue weighted by Gasteiger charge is -2.07. The van der Waals surface area contributed by atoms with Gasteiger partial charge in [0.2, 0.25) is 5.91 Å². The Morgan fingerprint density at radius 3 is 2.68 bits per heavy atom. The standard InChI is InChI=1S/C11H15FN2O4S/c1-18-3-2-14-11(15)7-19(16,17)10-5-8(12)4-9(13)6-10/h4-6H,2-3,7,13H2,1H3,(H,14,15). The molecule has 1 rings (SSSR count). The number of methoxy groups -OCH3 is 1. The first kappa shape index (κ1) is 15.4. The van der Waals surface area contributed by atoms with Crippen molar-refractivity contribution in [3.05, 3.63) is 24.0 Å². The molecule has 3 N–H and O–H groups in total. The van der Waals surface area contributed by atoms with Crippen LogP contribution >= 0.6 is 0 Å². The minimum atomic E-state index is -3.91. The van der Waals surface area contributed by atoms with Crippen molar-refractivity contribution < 1.29 is 22.3 Å². The highest BCUT2D eigenvalue weighted by Gasteiger charge is 2.20. The van der Waals surface area contributed by atoms with E-state index in [1.54, 1.807) is 0 Å². The van der Waals surface area contributed by atoms with Gasteiger partial charge in [-0.3, -0.25) is 4.79 Å². The lowest BCUT2D eigenvalue weighted by Crippen LogP contribution is -2.32. The van der Waals surface area contributed by atoms with Gasteiger partial charge >= 0.3 is 0 Å². The van der Waals surface area contributed by atoms with E-state index in [2.05, 4.69) is 5.32 Å². The molecule has 0 aliphatic carbocycles. The van der Waals surface area contributed by atoms with Gasteiger partial charge in [-0.05, 0) is 18.2 Å². The molecule has 0 heterocycles. The van der Waals surface area contributed by atoms with Crippen molar-refractivity contribution in [1.29, 1.82) is 0 Å². The van der Waals surface area contributed by atoms with Crippen molar-refractivity contribution in [3.63, 3.8) is 0 Å². The number of nitrogen functional groups attached to an aromatic ring is 1. The average Bonchev–Trinajstić information content (AvgIpc) is 2.27. The number of ether oxygens (including phenoxy) is 1. The molecule has 0 saturated carbocycles. The highest BCUT2D eigenvalue weighted by Crippen LogP contribution is 2.17. The van der Waals surface area contributed by atoms with E-state index in [0.29, 0.717) is 0 Å². The Bertz CT molecular complexity index is 540. The molecule has 0 atom stereocenters. The molecule has 0 saturated heterocycles. The number of amides is 1. The highest BCUT2D eigenvalue weighted by atomic mass is 32.2. The van der Waals surface area contributed by atoms with Gasteiger partial charge in [-0.2, -0.15) is 0 Å². The molecule has 0 aliphatic heterocycles. The van der Waals surface area contributed by atoms with Crippen LogP contribution in [0.1, 0.15) is 0 Å². The highest BCUT2D eigenvalue weighted by molar-refractivity contribution is 7.92. The Morgan fingerprint density at radius 2 is 2.11 bits per heavy atom. The summed E-state index contributed by atoms with van der Waals surface area (Å²) in [6.45, 7) is 0.481. The van der Waals surface area contributed by atoms with Crippen LogP contribution in [0, 0.1) is 5.82 Å². The van der Waals surface area contributed by atoms with Crippen LogP contribution in [-0.2, 0) is 19.4 Å². The second kappa shape index (κ2) is 6.48. The summed E-state index contributed by atoms with van der Waals surface area (Å²) in [7, 11) is -2.46. The minimum absolute atomic E-state index is 0.0154. The normalized spacial score (nSPS) is 11.3. The van der Waals surface area contributed by atoms with E-state index in [1.807, 2.05) is 0 Å². The van der Waals surface area contributed by atoms with Crippen molar-refractivity contribution in [2.45, 2.75) is 4.90 Å². The maximum Gasteiger partial charge on any atom is 0.235 e. The number of sulfone groups is 1. The average molecular weight is 290 g/mol. The number of benzene rings is 1. The van der Waals surface area contributed by atoms with Crippen LogP contribution in [0.25, 0.3) is 0 Å². The summed E-state index contributed by atoms with van der Waals surface area (Å²) in [6.07, 6.45) is 0. The van der Waals surface area contributed by atoms with Gasteiger partial charge < -0.3 is 15.8 Å². The fourth-order valence-electron chi connectivity index (χ4n) is 1.36. The van der Waals surface area contributed by atoms with Crippen molar-refractivity contribution in [2.75, 3.05) is 31.7 Å². The van der Waals surface area contributed by atoms with Crippen LogP contribution in [0.4, 0.5) is 10.1 Å². The molecule has 1 aromatic rings. The number of nitrogens with one attached hydrogen (secondary N) is 1. The largest absolute Gasteiger partial charge is 0.399 e. The molecule has 0 bridgehead atoms. The van der Waals surface area contributed by atoms with E-state index < -0.39 is 27.3 Å². The van der Waals surface area contributed by atoms with Gasteiger partial charge in [0.15, 0.2) is 9.84 Å². The molecule has 0 aromatic heterocycles. The molecule has 1 amide bonds. The maximum atomic E-state index is 13.1. The van der Waals surface area contributed by atoms with Crippen LogP contribution in [-0.4, -0.2) is 40.3 Å². The predicted molar refractivity (Wildman–Crippen MR) is 67.8 cm³/mol. The number of nitrogens with two attached hydrogens (primary N) is 1. The molecular formula is C11H15FN2O4S. The van der Waals surface area contributed by atoms with E-state index in [9.17, 15) is 17.6 Å². The van der Waals surface area contributed by atoms with E-state index >= 15 is 0 Å². The summed E-state index contributed by atoms with van der Waals surface area (Å²) in [5, 5.41) is 2.37. The second-order valence-electron chi connectivity index (χ2n) is 3.82. The van der Waals surface area contributed by atoms with E-state index in [1.165, 1.54) is 7.11 Å². The number of halogens is 1. The molecule has 6 nitrogen and oxygen atoms in total. The molecule has 8 heteroatoms. The van der Waals surface area contributed by atoms with Crippen LogP contribution in [0.2, 0.25) is 0 Å². The third-order valence-electron chi connectivity index (χ3n) is 2.20. The van der Waals surface area contributed by atoms with E-state index in [4.69, 9.17) is 10.5 Å². The topological polar surface area (TPSA) is 98.5 Å². The van der Waals surface area contributed by atoms with Gasteiger partial charge in [0.05, 0.1) is 11.5 Å². The summed E-state index contributed by atoms with van der Waals surface area (Å²) >= 11 is 0. The predicted octanol–water partition coefficient (Wildman–Crippen LogP) is -0.0558. The summed E-state index contributed by atoms with van der Waals surface area (Å²) < 4.78 is 41.5. The Hall–Kier alpha value is -1.67. The first-order chi connectivity index (χ1) is 8.85. The summed E-state index contributed by atoms with van der Waals surface area (Å²) in [4.78, 5) is 11.1. The van der Waals surface area contributed by atoms with Crippen LogP contribution in [0.15, 0.2) is 23.1 Å². The molecular weight excluding hydrogens is 275 g/mol. The number of hydrogen-bond acceptors (Lipinski definition) is 5.